The van der Waals surface area contributed by atoms with Gasteiger partial charge in [0.15, 0.2) is 0 Å². The van der Waals surface area contributed by atoms with Crippen LogP contribution in [-0.4, -0.2) is 36.1 Å². The van der Waals surface area contributed by atoms with Gasteiger partial charge < -0.3 is 15.4 Å². The Kier molecular flexibility index (Phi) is 6.26. The molecule has 24 heavy (non-hydrogen) atoms. The molecule has 0 radical (unpaired) electrons. The van der Waals surface area contributed by atoms with E-state index in [1.54, 1.807) is 13.2 Å². The number of aromatic nitrogens is 2. The van der Waals surface area contributed by atoms with Crippen LogP contribution in [0.2, 0.25) is 0 Å². The number of benzene rings is 1. The Hall–Kier alpha value is -2.47. The van der Waals surface area contributed by atoms with Crippen molar-refractivity contribution in [1.29, 1.82) is 0 Å². The highest BCUT2D eigenvalue weighted by Gasteiger charge is 2.10. The van der Waals surface area contributed by atoms with E-state index in [2.05, 4.69) is 26.7 Å². The molecule has 6 heteroatoms. The smallest absolute Gasteiger partial charge is 0.270 e. The molecule has 2 N–H and O–H groups in total. The molecule has 1 aromatic carbocycles. The number of nitrogens with zero attached hydrogens (tertiary/aromatic N) is 2. The third-order valence-electron chi connectivity index (χ3n) is 3.38. The Bertz CT molecular complexity index is 696. The summed E-state index contributed by atoms with van der Waals surface area (Å²) in [4.78, 5) is 20.9. The molecule has 2 aromatic rings. The van der Waals surface area contributed by atoms with E-state index >= 15 is 0 Å². The van der Waals surface area contributed by atoms with Gasteiger partial charge in [0.25, 0.3) is 5.91 Å². The van der Waals surface area contributed by atoms with Crippen molar-refractivity contribution in [3.05, 3.63) is 46.8 Å². The molecule has 6 nitrogen and oxygen atoms in total. The number of rotatable bonds is 7. The number of nitrogens with one attached hydrogen (secondary N) is 2. The fraction of sp³-hybridized carbons (Fsp3) is 0.389. The van der Waals surface area contributed by atoms with Gasteiger partial charge in [-0.2, -0.15) is 0 Å². The first-order valence-electron chi connectivity index (χ1n) is 7.96. The summed E-state index contributed by atoms with van der Waals surface area (Å²) in [5.74, 6) is 0.210. The van der Waals surface area contributed by atoms with Crippen LogP contribution in [0.5, 0.6) is 0 Å². The summed E-state index contributed by atoms with van der Waals surface area (Å²) in [6.45, 7) is 7.08. The number of amides is 1. The van der Waals surface area contributed by atoms with Crippen molar-refractivity contribution in [2.75, 3.05) is 25.6 Å². The number of ether oxygens (including phenoxy) is 1. The third kappa shape index (κ3) is 5.31. The molecule has 0 fully saturated rings. The second-order valence-electron chi connectivity index (χ2n) is 5.82. The van der Waals surface area contributed by atoms with Gasteiger partial charge >= 0.3 is 0 Å². The zero-order chi connectivity index (χ0) is 17.5. The largest absolute Gasteiger partial charge is 0.385 e. The molecule has 0 aliphatic heterocycles. The number of aryl methyl sites for hydroxylation is 3. The van der Waals surface area contributed by atoms with E-state index in [1.165, 1.54) is 0 Å². The van der Waals surface area contributed by atoms with Gasteiger partial charge in [0.1, 0.15) is 5.69 Å². The van der Waals surface area contributed by atoms with Gasteiger partial charge in [0.2, 0.25) is 5.95 Å². The summed E-state index contributed by atoms with van der Waals surface area (Å²) in [7, 11) is 1.64. The van der Waals surface area contributed by atoms with Crippen LogP contribution in [0.25, 0.3) is 0 Å². The minimum Gasteiger partial charge on any atom is -0.385 e. The van der Waals surface area contributed by atoms with Crippen molar-refractivity contribution in [3.63, 3.8) is 0 Å². The Balaban J connectivity index is 2.11. The van der Waals surface area contributed by atoms with Gasteiger partial charge in [-0.25, -0.2) is 9.97 Å². The molecule has 1 aromatic heterocycles. The summed E-state index contributed by atoms with van der Waals surface area (Å²) in [5.41, 5.74) is 4.30. The molecule has 2 rings (SSSR count). The lowest BCUT2D eigenvalue weighted by molar-refractivity contribution is 0.0943. The number of hydrogen-bond donors (Lipinski definition) is 2. The molecule has 0 bridgehead atoms. The normalized spacial score (nSPS) is 10.5. The van der Waals surface area contributed by atoms with Crippen LogP contribution in [0.4, 0.5) is 11.6 Å². The number of anilines is 2. The molecule has 0 aliphatic rings. The molecule has 0 atom stereocenters. The van der Waals surface area contributed by atoms with Crippen molar-refractivity contribution in [2.45, 2.75) is 27.2 Å². The number of methoxy groups -OCH3 is 1. The molecule has 0 saturated heterocycles. The van der Waals surface area contributed by atoms with E-state index in [0.717, 1.165) is 28.9 Å². The summed E-state index contributed by atoms with van der Waals surface area (Å²) in [6.07, 6.45) is 0.764. The Morgan fingerprint density at radius 2 is 1.79 bits per heavy atom. The van der Waals surface area contributed by atoms with Gasteiger partial charge in [-0.15, -0.1) is 0 Å². The molecule has 0 aliphatic carbocycles. The maximum atomic E-state index is 12.2. The van der Waals surface area contributed by atoms with Crippen LogP contribution in [0, 0.1) is 20.8 Å². The second-order valence-corrected chi connectivity index (χ2v) is 5.82. The Morgan fingerprint density at radius 3 is 2.46 bits per heavy atom. The molecule has 1 heterocycles. The van der Waals surface area contributed by atoms with Crippen LogP contribution in [-0.2, 0) is 4.74 Å². The van der Waals surface area contributed by atoms with E-state index in [4.69, 9.17) is 4.74 Å². The van der Waals surface area contributed by atoms with Gasteiger partial charge in [-0.05, 0) is 56.5 Å². The summed E-state index contributed by atoms with van der Waals surface area (Å²) in [5, 5.41) is 6.01. The first kappa shape index (κ1) is 17.9. The first-order valence-corrected chi connectivity index (χ1v) is 7.96. The highest BCUT2D eigenvalue weighted by atomic mass is 16.5. The van der Waals surface area contributed by atoms with E-state index in [9.17, 15) is 4.79 Å². The fourth-order valence-electron chi connectivity index (χ4n) is 2.43. The Labute approximate surface area is 142 Å². The average Bonchev–Trinajstić information content (AvgIpc) is 2.49. The summed E-state index contributed by atoms with van der Waals surface area (Å²) < 4.78 is 4.97. The predicted molar refractivity (Wildman–Crippen MR) is 94.8 cm³/mol. The summed E-state index contributed by atoms with van der Waals surface area (Å²) >= 11 is 0. The van der Waals surface area contributed by atoms with Crippen molar-refractivity contribution in [1.82, 2.24) is 15.3 Å². The van der Waals surface area contributed by atoms with E-state index in [0.29, 0.717) is 24.8 Å². The molecule has 0 spiro atoms. The van der Waals surface area contributed by atoms with Crippen LogP contribution in [0.15, 0.2) is 24.3 Å². The first-order chi connectivity index (χ1) is 11.5. The third-order valence-corrected chi connectivity index (χ3v) is 3.38. The molecule has 0 unspecified atom stereocenters. The van der Waals surface area contributed by atoms with Crippen LogP contribution >= 0.6 is 0 Å². The van der Waals surface area contributed by atoms with Crippen molar-refractivity contribution >= 4 is 17.5 Å². The Morgan fingerprint density at radius 1 is 1.08 bits per heavy atom. The second kappa shape index (κ2) is 8.40. The van der Waals surface area contributed by atoms with E-state index < -0.39 is 0 Å². The molecular weight excluding hydrogens is 304 g/mol. The van der Waals surface area contributed by atoms with Gasteiger partial charge in [0.05, 0.1) is 0 Å². The minimum atomic E-state index is -0.208. The van der Waals surface area contributed by atoms with Crippen molar-refractivity contribution in [3.8, 4) is 0 Å². The van der Waals surface area contributed by atoms with Crippen LogP contribution in [0.3, 0.4) is 0 Å². The van der Waals surface area contributed by atoms with Crippen LogP contribution < -0.4 is 10.6 Å². The quantitative estimate of drug-likeness (QED) is 0.764. The standard InChI is InChI=1S/C18H24N4O2/c1-12-8-13(2)10-15(9-12)21-18-20-14(3)11-16(22-18)17(23)19-6-5-7-24-4/h8-11H,5-7H2,1-4H3,(H,19,23)(H,20,21,22). The minimum absolute atomic E-state index is 0.208. The van der Waals surface area contributed by atoms with Gasteiger partial charge in [-0.3, -0.25) is 4.79 Å². The lowest BCUT2D eigenvalue weighted by Crippen LogP contribution is -2.26. The highest BCUT2D eigenvalue weighted by Crippen LogP contribution is 2.17. The molecule has 0 saturated carbocycles. The van der Waals surface area contributed by atoms with Gasteiger partial charge in [-0.1, -0.05) is 6.07 Å². The maximum Gasteiger partial charge on any atom is 0.270 e. The van der Waals surface area contributed by atoms with Crippen molar-refractivity contribution in [2.24, 2.45) is 0 Å². The average molecular weight is 328 g/mol. The SMILES string of the molecule is COCCCNC(=O)c1cc(C)nc(Nc2cc(C)cc(C)c2)n1. The molecule has 128 valence electrons. The highest BCUT2D eigenvalue weighted by molar-refractivity contribution is 5.92. The lowest BCUT2D eigenvalue weighted by atomic mass is 10.1. The monoisotopic (exact) mass is 328 g/mol. The maximum absolute atomic E-state index is 12.2. The molecule has 1 amide bonds. The fourth-order valence-corrected chi connectivity index (χ4v) is 2.43. The van der Waals surface area contributed by atoms with E-state index in [-0.39, 0.29) is 5.91 Å². The van der Waals surface area contributed by atoms with Crippen molar-refractivity contribution < 1.29 is 9.53 Å². The number of carbonyl (C=O) groups is 1. The lowest BCUT2D eigenvalue weighted by Gasteiger charge is -2.10. The summed E-state index contributed by atoms with van der Waals surface area (Å²) in [6, 6.07) is 7.81. The van der Waals surface area contributed by atoms with Crippen LogP contribution in [0.1, 0.15) is 33.7 Å². The number of carbonyl (C=O) groups excluding carboxylic acids is 1. The van der Waals surface area contributed by atoms with Gasteiger partial charge in [0, 0.05) is 31.6 Å². The number of hydrogen-bond acceptors (Lipinski definition) is 5. The zero-order valence-electron chi connectivity index (χ0n) is 14.6. The zero-order valence-corrected chi connectivity index (χ0v) is 14.6. The van der Waals surface area contributed by atoms with E-state index in [1.807, 2.05) is 32.9 Å². The predicted octanol–water partition coefficient (Wildman–Crippen LogP) is 2.91. The topological polar surface area (TPSA) is 76.1 Å². The molecular formula is C18H24N4O2.